The Labute approximate surface area is 195 Å². The van der Waals surface area contributed by atoms with Crippen molar-refractivity contribution in [3.8, 4) is 5.75 Å². The summed E-state index contributed by atoms with van der Waals surface area (Å²) < 4.78 is 16.5. The third-order valence-electron chi connectivity index (χ3n) is 4.56. The Morgan fingerprint density at radius 2 is 1.94 bits per heavy atom. The van der Waals surface area contributed by atoms with Crippen molar-refractivity contribution in [1.29, 1.82) is 0 Å². The van der Waals surface area contributed by atoms with Gasteiger partial charge in [-0.25, -0.2) is 9.59 Å². The summed E-state index contributed by atoms with van der Waals surface area (Å²) in [5.41, 5.74) is 4.39. The van der Waals surface area contributed by atoms with Gasteiger partial charge in [0.15, 0.2) is 12.3 Å². The number of halogens is 1. The fourth-order valence-corrected chi connectivity index (χ4v) is 3.22. The molecule has 0 aliphatic carbocycles. The highest BCUT2D eigenvalue weighted by atomic mass is 35.5. The van der Waals surface area contributed by atoms with E-state index in [9.17, 15) is 19.2 Å². The van der Waals surface area contributed by atoms with Gasteiger partial charge in [-0.2, -0.15) is 0 Å². The lowest BCUT2D eigenvalue weighted by Gasteiger charge is -2.24. The van der Waals surface area contributed by atoms with Crippen LogP contribution in [0.4, 0.5) is 11.5 Å². The molecule has 0 fully saturated rings. The lowest BCUT2D eigenvalue weighted by molar-refractivity contribution is -0.121. The standard InChI is InChI=1S/C21H27ClN4O7/c1-12(2)10-26-18(23)17(19(28)24-21(26)30)25(7-8-31-3)16(27)11-33-20(29)14-9-13(22)5-6-15(14)32-4/h5-6,9,12H,7-8,10-11,23H2,1-4H3,(H,24,28,30). The number of H-pyrrole nitrogens is 1. The molecule has 0 saturated heterocycles. The van der Waals surface area contributed by atoms with Crippen LogP contribution in [-0.4, -0.2) is 55.4 Å². The third-order valence-corrected chi connectivity index (χ3v) is 4.80. The van der Waals surface area contributed by atoms with Gasteiger partial charge in [0.1, 0.15) is 17.1 Å². The van der Waals surface area contributed by atoms with E-state index >= 15 is 0 Å². The number of methoxy groups -OCH3 is 2. The van der Waals surface area contributed by atoms with Gasteiger partial charge >= 0.3 is 11.7 Å². The highest BCUT2D eigenvalue weighted by Gasteiger charge is 2.26. The monoisotopic (exact) mass is 482 g/mol. The van der Waals surface area contributed by atoms with Gasteiger partial charge in [0.2, 0.25) is 0 Å². The molecule has 3 N–H and O–H groups in total. The Bertz CT molecular complexity index is 1130. The summed E-state index contributed by atoms with van der Waals surface area (Å²) in [4.78, 5) is 53.5. The molecule has 0 unspecified atom stereocenters. The van der Waals surface area contributed by atoms with Crippen LogP contribution >= 0.6 is 11.6 Å². The number of rotatable bonds is 10. The second-order valence-electron chi connectivity index (χ2n) is 7.46. The molecule has 0 aliphatic heterocycles. The van der Waals surface area contributed by atoms with Crippen LogP contribution in [0.2, 0.25) is 5.02 Å². The molecule has 1 amide bonds. The number of anilines is 2. The van der Waals surface area contributed by atoms with E-state index in [2.05, 4.69) is 4.98 Å². The molecular formula is C21H27ClN4O7. The SMILES string of the molecule is COCCN(C(=O)COC(=O)c1cc(Cl)ccc1OC)c1c(N)n(CC(C)C)c(=O)[nH]c1=O. The normalized spacial score (nSPS) is 10.8. The van der Waals surface area contributed by atoms with Crippen LogP contribution in [0.25, 0.3) is 0 Å². The molecular weight excluding hydrogens is 456 g/mol. The van der Waals surface area contributed by atoms with E-state index < -0.39 is 29.7 Å². The third kappa shape index (κ3) is 6.36. The first kappa shape index (κ1) is 25.9. The molecule has 1 heterocycles. The van der Waals surface area contributed by atoms with E-state index in [0.29, 0.717) is 0 Å². The molecule has 0 radical (unpaired) electrons. The van der Waals surface area contributed by atoms with Gasteiger partial charge < -0.3 is 19.9 Å². The summed E-state index contributed by atoms with van der Waals surface area (Å²) >= 11 is 5.93. The zero-order valence-electron chi connectivity index (χ0n) is 18.8. The van der Waals surface area contributed by atoms with Gasteiger partial charge in [-0.05, 0) is 24.1 Å². The predicted octanol–water partition coefficient (Wildman–Crippen LogP) is 1.27. The van der Waals surface area contributed by atoms with Crippen molar-refractivity contribution >= 4 is 35.0 Å². The van der Waals surface area contributed by atoms with Crippen molar-refractivity contribution in [2.45, 2.75) is 20.4 Å². The maximum absolute atomic E-state index is 13.0. The molecule has 1 aromatic heterocycles. The van der Waals surface area contributed by atoms with Crippen molar-refractivity contribution in [3.05, 3.63) is 49.6 Å². The lowest BCUT2D eigenvalue weighted by Crippen LogP contribution is -2.44. The molecule has 0 bridgehead atoms. The molecule has 2 rings (SSSR count). The summed E-state index contributed by atoms with van der Waals surface area (Å²) in [5, 5.41) is 0.280. The minimum atomic E-state index is -0.846. The number of nitrogen functional groups attached to an aromatic ring is 1. The smallest absolute Gasteiger partial charge is 0.342 e. The maximum atomic E-state index is 13.0. The van der Waals surface area contributed by atoms with Crippen LogP contribution < -0.4 is 26.6 Å². The summed E-state index contributed by atoms with van der Waals surface area (Å²) in [5.74, 6) is -1.51. The van der Waals surface area contributed by atoms with Gasteiger partial charge in [0, 0.05) is 25.2 Å². The molecule has 0 saturated carbocycles. The first-order valence-corrected chi connectivity index (χ1v) is 10.4. The van der Waals surface area contributed by atoms with E-state index in [0.717, 1.165) is 4.90 Å². The van der Waals surface area contributed by atoms with Crippen molar-refractivity contribution in [2.75, 3.05) is 44.6 Å². The highest BCUT2D eigenvalue weighted by molar-refractivity contribution is 6.31. The Morgan fingerprint density at radius 1 is 1.24 bits per heavy atom. The molecule has 11 nitrogen and oxygen atoms in total. The average molecular weight is 483 g/mol. The van der Waals surface area contributed by atoms with E-state index in [1.165, 1.54) is 37.0 Å². The van der Waals surface area contributed by atoms with E-state index in [1.807, 2.05) is 13.8 Å². The Kier molecular flexibility index (Phi) is 9.06. The number of hydrogen-bond donors (Lipinski definition) is 2. The van der Waals surface area contributed by atoms with Gasteiger partial charge in [-0.1, -0.05) is 25.4 Å². The first-order chi connectivity index (χ1) is 15.6. The first-order valence-electron chi connectivity index (χ1n) is 10.0. The Morgan fingerprint density at radius 3 is 2.55 bits per heavy atom. The number of ether oxygens (including phenoxy) is 3. The summed E-state index contributed by atoms with van der Waals surface area (Å²) in [6.45, 7) is 3.25. The molecule has 2 aromatic rings. The molecule has 1 aromatic carbocycles. The van der Waals surface area contributed by atoms with Crippen molar-refractivity contribution in [3.63, 3.8) is 0 Å². The quantitative estimate of drug-likeness (QED) is 0.481. The van der Waals surface area contributed by atoms with Crippen LogP contribution in [0.15, 0.2) is 27.8 Å². The van der Waals surface area contributed by atoms with Gasteiger partial charge in [0.05, 0.1) is 13.7 Å². The van der Waals surface area contributed by atoms with Crippen LogP contribution in [0.3, 0.4) is 0 Å². The lowest BCUT2D eigenvalue weighted by atomic mass is 10.2. The number of nitrogens with one attached hydrogen (secondary N) is 1. The highest BCUT2D eigenvalue weighted by Crippen LogP contribution is 2.24. The summed E-state index contributed by atoms with van der Waals surface area (Å²) in [6.07, 6.45) is 0. The molecule has 33 heavy (non-hydrogen) atoms. The van der Waals surface area contributed by atoms with Gasteiger partial charge in [-0.3, -0.25) is 24.0 Å². The number of carbonyl (C=O) groups excluding carboxylic acids is 2. The number of esters is 1. The van der Waals surface area contributed by atoms with E-state index in [4.69, 9.17) is 31.5 Å². The number of benzene rings is 1. The van der Waals surface area contributed by atoms with E-state index in [-0.39, 0.29) is 53.5 Å². The largest absolute Gasteiger partial charge is 0.496 e. The number of nitrogens with two attached hydrogens (primary N) is 1. The summed E-state index contributed by atoms with van der Waals surface area (Å²) in [7, 11) is 2.79. The predicted molar refractivity (Wildman–Crippen MR) is 123 cm³/mol. The number of amides is 1. The zero-order valence-corrected chi connectivity index (χ0v) is 19.6. The molecule has 0 spiro atoms. The number of hydrogen-bond acceptors (Lipinski definition) is 8. The fraction of sp³-hybridized carbons (Fsp3) is 0.429. The molecule has 12 heteroatoms. The van der Waals surface area contributed by atoms with Crippen LogP contribution in [0, 0.1) is 5.92 Å². The average Bonchev–Trinajstić information content (AvgIpc) is 2.76. The molecule has 0 aliphatic rings. The van der Waals surface area contributed by atoms with Gasteiger partial charge in [-0.15, -0.1) is 0 Å². The number of carbonyl (C=O) groups is 2. The van der Waals surface area contributed by atoms with Crippen LogP contribution in [0.1, 0.15) is 24.2 Å². The van der Waals surface area contributed by atoms with Crippen LogP contribution in [-0.2, 0) is 20.8 Å². The topological polar surface area (TPSA) is 146 Å². The number of aromatic amines is 1. The molecule has 180 valence electrons. The number of aromatic nitrogens is 2. The van der Waals surface area contributed by atoms with Crippen molar-refractivity contribution in [2.24, 2.45) is 5.92 Å². The maximum Gasteiger partial charge on any atom is 0.342 e. The van der Waals surface area contributed by atoms with E-state index in [1.54, 1.807) is 0 Å². The minimum absolute atomic E-state index is 0.0316. The number of nitrogens with zero attached hydrogens (tertiary/aromatic N) is 2. The molecule has 0 atom stereocenters. The van der Waals surface area contributed by atoms with Crippen molar-refractivity contribution < 1.29 is 23.8 Å². The summed E-state index contributed by atoms with van der Waals surface area (Å²) in [6, 6.07) is 4.38. The second kappa shape index (κ2) is 11.5. The van der Waals surface area contributed by atoms with Crippen molar-refractivity contribution in [1.82, 2.24) is 9.55 Å². The van der Waals surface area contributed by atoms with Gasteiger partial charge in [0.25, 0.3) is 11.5 Å². The van der Waals surface area contributed by atoms with Crippen LogP contribution in [0.5, 0.6) is 5.75 Å². The minimum Gasteiger partial charge on any atom is -0.496 e. The fourth-order valence-electron chi connectivity index (χ4n) is 3.05. The Balaban J connectivity index is 2.35. The Hall–Kier alpha value is -3.31. The second-order valence-corrected chi connectivity index (χ2v) is 7.89. The zero-order chi connectivity index (χ0) is 24.7.